The fraction of sp³-hybridized carbons (Fsp3) is 0.875. The van der Waals surface area contributed by atoms with Gasteiger partial charge in [0.15, 0.2) is 0 Å². The number of likely N-dealkylation sites (tertiary alicyclic amines) is 1. The number of carbonyl (C=O) groups excluding carboxylic acids is 1. The molecular formula is C8H16N2O3. The highest BCUT2D eigenvalue weighted by Crippen LogP contribution is 2.14. The SMILES string of the molecule is CCC(C(N)=O)N1C[C@@H](O)[C@@H](O)C1. The van der Waals surface area contributed by atoms with Crippen LogP contribution in [0, 0.1) is 0 Å². The van der Waals surface area contributed by atoms with Crippen LogP contribution in [0.2, 0.25) is 0 Å². The molecule has 0 bridgehead atoms. The highest BCUT2D eigenvalue weighted by molar-refractivity contribution is 5.79. The zero-order chi connectivity index (χ0) is 10.0. The lowest BCUT2D eigenvalue weighted by Crippen LogP contribution is -2.43. The van der Waals surface area contributed by atoms with Gasteiger partial charge in [0.05, 0.1) is 18.2 Å². The van der Waals surface area contributed by atoms with E-state index in [0.717, 1.165) is 0 Å². The second-order valence-electron chi connectivity index (χ2n) is 3.42. The second kappa shape index (κ2) is 4.04. The molecule has 0 spiro atoms. The van der Waals surface area contributed by atoms with Gasteiger partial charge in [0.2, 0.25) is 5.91 Å². The van der Waals surface area contributed by atoms with Crippen LogP contribution in [0.25, 0.3) is 0 Å². The summed E-state index contributed by atoms with van der Waals surface area (Å²) in [7, 11) is 0. The number of hydrogen-bond acceptors (Lipinski definition) is 4. The monoisotopic (exact) mass is 188 g/mol. The van der Waals surface area contributed by atoms with E-state index in [1.807, 2.05) is 6.92 Å². The highest BCUT2D eigenvalue weighted by atomic mass is 16.3. The molecule has 1 fully saturated rings. The second-order valence-corrected chi connectivity index (χ2v) is 3.42. The molecule has 1 heterocycles. The molecule has 76 valence electrons. The molecule has 0 aromatic rings. The van der Waals surface area contributed by atoms with Crippen molar-refractivity contribution < 1.29 is 15.0 Å². The molecule has 1 aliphatic heterocycles. The zero-order valence-corrected chi connectivity index (χ0v) is 7.68. The number of nitrogens with zero attached hydrogens (tertiary/aromatic N) is 1. The third kappa shape index (κ3) is 2.18. The Hall–Kier alpha value is -0.650. The molecule has 1 aliphatic rings. The van der Waals surface area contributed by atoms with E-state index in [-0.39, 0.29) is 6.04 Å². The van der Waals surface area contributed by atoms with Gasteiger partial charge in [-0.05, 0) is 6.42 Å². The summed E-state index contributed by atoms with van der Waals surface area (Å²) in [5.41, 5.74) is 5.17. The van der Waals surface area contributed by atoms with Gasteiger partial charge in [-0.2, -0.15) is 0 Å². The molecule has 5 heteroatoms. The van der Waals surface area contributed by atoms with Gasteiger partial charge in [0.25, 0.3) is 0 Å². The first-order valence-electron chi connectivity index (χ1n) is 4.45. The lowest BCUT2D eigenvalue weighted by atomic mass is 10.2. The number of carbonyl (C=O) groups is 1. The number of nitrogens with two attached hydrogens (primary N) is 1. The summed E-state index contributed by atoms with van der Waals surface area (Å²) < 4.78 is 0. The average Bonchev–Trinajstić information content (AvgIpc) is 2.32. The Morgan fingerprint density at radius 2 is 2.00 bits per heavy atom. The summed E-state index contributed by atoms with van der Waals surface area (Å²) in [4.78, 5) is 12.7. The average molecular weight is 188 g/mol. The standard InChI is InChI=1S/C8H16N2O3/c1-2-5(8(9)13)10-3-6(11)7(12)4-10/h5-7,11-12H,2-4H2,1H3,(H2,9,13)/t5?,6-,7+. The number of primary amides is 1. The van der Waals surface area contributed by atoms with Crippen molar-refractivity contribution >= 4 is 5.91 Å². The molecule has 0 saturated carbocycles. The van der Waals surface area contributed by atoms with Crippen LogP contribution >= 0.6 is 0 Å². The van der Waals surface area contributed by atoms with Crippen LogP contribution in [-0.2, 0) is 4.79 Å². The summed E-state index contributed by atoms with van der Waals surface area (Å²) in [6.07, 6.45) is -0.906. The number of β-amino-alcohol motifs (C(OH)–C–C–N with tert-alkyl or cyclic N) is 2. The smallest absolute Gasteiger partial charge is 0.234 e. The Bertz CT molecular complexity index is 188. The van der Waals surface area contributed by atoms with Crippen molar-refractivity contribution in [3.05, 3.63) is 0 Å². The Balaban J connectivity index is 2.57. The minimum atomic E-state index is -0.756. The van der Waals surface area contributed by atoms with Gasteiger partial charge in [0, 0.05) is 13.1 Å². The van der Waals surface area contributed by atoms with Crippen LogP contribution in [0.5, 0.6) is 0 Å². The van der Waals surface area contributed by atoms with Crippen LogP contribution in [0.15, 0.2) is 0 Å². The summed E-state index contributed by atoms with van der Waals surface area (Å²) in [5, 5.41) is 18.5. The van der Waals surface area contributed by atoms with Crippen molar-refractivity contribution in [2.24, 2.45) is 5.73 Å². The molecule has 5 nitrogen and oxygen atoms in total. The molecule has 1 saturated heterocycles. The molecule has 0 aromatic heterocycles. The fourth-order valence-electron chi connectivity index (χ4n) is 1.69. The maximum atomic E-state index is 10.9. The van der Waals surface area contributed by atoms with Crippen LogP contribution < -0.4 is 5.73 Å². The molecule has 1 rings (SSSR count). The number of rotatable bonds is 3. The predicted molar refractivity (Wildman–Crippen MR) is 46.9 cm³/mol. The van der Waals surface area contributed by atoms with Crippen molar-refractivity contribution in [1.82, 2.24) is 4.90 Å². The lowest BCUT2D eigenvalue weighted by Gasteiger charge is -2.22. The molecule has 1 amide bonds. The normalized spacial score (nSPS) is 31.9. The van der Waals surface area contributed by atoms with Crippen LogP contribution in [0.3, 0.4) is 0 Å². The number of aliphatic hydroxyl groups excluding tert-OH is 2. The summed E-state index contributed by atoms with van der Waals surface area (Å²) in [6, 6.07) is -0.369. The Morgan fingerprint density at radius 1 is 1.54 bits per heavy atom. The van der Waals surface area contributed by atoms with Crippen LogP contribution in [-0.4, -0.2) is 52.4 Å². The van der Waals surface area contributed by atoms with Gasteiger partial charge in [-0.15, -0.1) is 0 Å². The van der Waals surface area contributed by atoms with E-state index in [4.69, 9.17) is 5.73 Å². The first kappa shape index (κ1) is 10.4. The Kier molecular flexibility index (Phi) is 3.24. The predicted octanol–water partition coefficient (Wildman–Crippen LogP) is -1.71. The largest absolute Gasteiger partial charge is 0.389 e. The van der Waals surface area contributed by atoms with Crippen molar-refractivity contribution in [2.45, 2.75) is 31.6 Å². The first-order valence-corrected chi connectivity index (χ1v) is 4.45. The lowest BCUT2D eigenvalue weighted by molar-refractivity contribution is -0.123. The van der Waals surface area contributed by atoms with Gasteiger partial charge < -0.3 is 15.9 Å². The van der Waals surface area contributed by atoms with Crippen molar-refractivity contribution in [3.63, 3.8) is 0 Å². The first-order chi connectivity index (χ1) is 6.06. The van der Waals surface area contributed by atoms with Gasteiger partial charge in [-0.3, -0.25) is 9.69 Å². The molecule has 0 aliphatic carbocycles. The third-order valence-corrected chi connectivity index (χ3v) is 2.44. The van der Waals surface area contributed by atoms with Gasteiger partial charge in [0.1, 0.15) is 0 Å². The zero-order valence-electron chi connectivity index (χ0n) is 7.68. The van der Waals surface area contributed by atoms with Crippen LogP contribution in [0.1, 0.15) is 13.3 Å². The minimum Gasteiger partial charge on any atom is -0.389 e. The summed E-state index contributed by atoms with van der Waals surface area (Å²) in [6.45, 7) is 2.50. The molecule has 0 radical (unpaired) electrons. The van der Waals surface area contributed by atoms with E-state index in [2.05, 4.69) is 0 Å². The van der Waals surface area contributed by atoms with E-state index in [0.29, 0.717) is 19.5 Å². The Morgan fingerprint density at radius 3 is 2.31 bits per heavy atom. The van der Waals surface area contributed by atoms with Crippen molar-refractivity contribution in [1.29, 1.82) is 0 Å². The van der Waals surface area contributed by atoms with E-state index in [1.54, 1.807) is 4.90 Å². The molecule has 13 heavy (non-hydrogen) atoms. The van der Waals surface area contributed by atoms with Crippen molar-refractivity contribution in [2.75, 3.05) is 13.1 Å². The number of amides is 1. The number of aliphatic hydroxyl groups is 2. The Labute approximate surface area is 77.1 Å². The maximum absolute atomic E-state index is 10.9. The van der Waals surface area contributed by atoms with Gasteiger partial charge >= 0.3 is 0 Å². The van der Waals surface area contributed by atoms with Gasteiger partial charge in [-0.25, -0.2) is 0 Å². The molecule has 0 aromatic carbocycles. The fourth-order valence-corrected chi connectivity index (χ4v) is 1.69. The highest BCUT2D eigenvalue weighted by Gasteiger charge is 2.35. The maximum Gasteiger partial charge on any atom is 0.234 e. The summed E-state index contributed by atoms with van der Waals surface area (Å²) in [5.74, 6) is -0.399. The molecule has 3 atom stereocenters. The van der Waals surface area contributed by atoms with E-state index in [1.165, 1.54) is 0 Å². The third-order valence-electron chi connectivity index (χ3n) is 2.44. The number of hydrogen-bond donors (Lipinski definition) is 3. The molecular weight excluding hydrogens is 172 g/mol. The van der Waals surface area contributed by atoms with E-state index in [9.17, 15) is 15.0 Å². The van der Waals surface area contributed by atoms with E-state index >= 15 is 0 Å². The van der Waals surface area contributed by atoms with Crippen LogP contribution in [0.4, 0.5) is 0 Å². The van der Waals surface area contributed by atoms with Crippen molar-refractivity contribution in [3.8, 4) is 0 Å². The van der Waals surface area contributed by atoms with E-state index < -0.39 is 18.1 Å². The molecule has 4 N–H and O–H groups in total. The topological polar surface area (TPSA) is 86.8 Å². The minimum absolute atomic E-state index is 0.322. The summed E-state index contributed by atoms with van der Waals surface area (Å²) >= 11 is 0. The van der Waals surface area contributed by atoms with Gasteiger partial charge in [-0.1, -0.05) is 6.92 Å². The molecule has 1 unspecified atom stereocenters. The quantitative estimate of drug-likeness (QED) is 0.492.